The maximum Gasteiger partial charge on any atom is 0.256 e. The van der Waals surface area contributed by atoms with Gasteiger partial charge in [-0.15, -0.1) is 0 Å². The molecule has 1 unspecified atom stereocenters. The predicted octanol–water partition coefficient (Wildman–Crippen LogP) is 4.22. The minimum atomic E-state index is -0.281. The van der Waals surface area contributed by atoms with Crippen molar-refractivity contribution in [3.05, 3.63) is 78.4 Å². The fourth-order valence-electron chi connectivity index (χ4n) is 3.32. The van der Waals surface area contributed by atoms with E-state index in [1.165, 1.54) is 10.4 Å². The van der Waals surface area contributed by atoms with Crippen molar-refractivity contribution in [1.82, 2.24) is 5.01 Å². The van der Waals surface area contributed by atoms with Gasteiger partial charge in [-0.2, -0.15) is 5.10 Å². The van der Waals surface area contributed by atoms with Gasteiger partial charge in [0.2, 0.25) is 0 Å². The van der Waals surface area contributed by atoms with Crippen molar-refractivity contribution in [2.24, 2.45) is 5.10 Å². The smallest absolute Gasteiger partial charge is 0.256 e. The summed E-state index contributed by atoms with van der Waals surface area (Å²) in [7, 11) is 0. The van der Waals surface area contributed by atoms with E-state index >= 15 is 0 Å². The standard InChI is InChI=1S/C22H20N2O2/c1-16-21(18-8-3-2-4-9-18)22(25)24(23-16)13-14-26-20-12-11-17-7-5-6-10-19(17)15-20/h2-12,15,21H,13-14H2,1H3. The molecule has 0 spiro atoms. The van der Waals surface area contributed by atoms with Crippen LogP contribution in [0.5, 0.6) is 5.75 Å². The molecule has 3 aromatic carbocycles. The lowest BCUT2D eigenvalue weighted by molar-refractivity contribution is -0.130. The van der Waals surface area contributed by atoms with E-state index in [1.54, 1.807) is 0 Å². The maximum atomic E-state index is 12.7. The van der Waals surface area contributed by atoms with E-state index in [9.17, 15) is 4.79 Å². The first-order valence-electron chi connectivity index (χ1n) is 8.75. The fourth-order valence-corrected chi connectivity index (χ4v) is 3.32. The summed E-state index contributed by atoms with van der Waals surface area (Å²) in [5.41, 5.74) is 1.81. The molecule has 0 radical (unpaired) electrons. The summed E-state index contributed by atoms with van der Waals surface area (Å²) in [6, 6.07) is 24.0. The van der Waals surface area contributed by atoms with E-state index in [4.69, 9.17) is 4.74 Å². The highest BCUT2D eigenvalue weighted by Crippen LogP contribution is 2.26. The van der Waals surface area contributed by atoms with Gasteiger partial charge < -0.3 is 4.74 Å². The Balaban J connectivity index is 1.39. The number of carbonyl (C=O) groups is 1. The lowest BCUT2D eigenvalue weighted by Gasteiger charge is -2.15. The topological polar surface area (TPSA) is 41.9 Å². The van der Waals surface area contributed by atoms with Crippen molar-refractivity contribution in [1.29, 1.82) is 0 Å². The summed E-state index contributed by atoms with van der Waals surface area (Å²) >= 11 is 0. The molecule has 4 heteroatoms. The monoisotopic (exact) mass is 344 g/mol. The van der Waals surface area contributed by atoms with Crippen LogP contribution in [0.25, 0.3) is 10.8 Å². The van der Waals surface area contributed by atoms with Gasteiger partial charge in [-0.3, -0.25) is 4.79 Å². The average molecular weight is 344 g/mol. The summed E-state index contributed by atoms with van der Waals surface area (Å²) in [5, 5.41) is 8.27. The number of benzene rings is 3. The second kappa shape index (κ2) is 7.00. The predicted molar refractivity (Wildman–Crippen MR) is 103 cm³/mol. The Labute approximate surface area is 152 Å². The summed E-state index contributed by atoms with van der Waals surface area (Å²) in [6.07, 6.45) is 0. The van der Waals surface area contributed by atoms with Gasteiger partial charge in [-0.05, 0) is 35.4 Å². The highest BCUT2D eigenvalue weighted by Gasteiger charge is 2.34. The zero-order chi connectivity index (χ0) is 17.9. The van der Waals surface area contributed by atoms with Crippen molar-refractivity contribution in [3.8, 4) is 5.75 Å². The van der Waals surface area contributed by atoms with Crippen LogP contribution < -0.4 is 4.74 Å². The largest absolute Gasteiger partial charge is 0.492 e. The molecule has 1 amide bonds. The van der Waals surface area contributed by atoms with Crippen LogP contribution in [0.2, 0.25) is 0 Å². The number of amides is 1. The first-order chi connectivity index (χ1) is 12.7. The first-order valence-corrected chi connectivity index (χ1v) is 8.75. The number of rotatable bonds is 5. The molecule has 1 aliphatic heterocycles. The zero-order valence-electron chi connectivity index (χ0n) is 14.6. The van der Waals surface area contributed by atoms with Gasteiger partial charge in [0.05, 0.1) is 12.3 Å². The van der Waals surface area contributed by atoms with E-state index < -0.39 is 0 Å². The van der Waals surface area contributed by atoms with Crippen LogP contribution in [0.15, 0.2) is 77.9 Å². The van der Waals surface area contributed by atoms with Crippen molar-refractivity contribution < 1.29 is 9.53 Å². The van der Waals surface area contributed by atoms with Gasteiger partial charge >= 0.3 is 0 Å². The summed E-state index contributed by atoms with van der Waals surface area (Å²) in [4.78, 5) is 12.7. The summed E-state index contributed by atoms with van der Waals surface area (Å²) in [5.74, 6) is 0.531. The second-order valence-corrected chi connectivity index (χ2v) is 6.40. The highest BCUT2D eigenvalue weighted by molar-refractivity contribution is 6.11. The summed E-state index contributed by atoms with van der Waals surface area (Å²) in [6.45, 7) is 2.74. The van der Waals surface area contributed by atoms with Crippen LogP contribution in [0.4, 0.5) is 0 Å². The van der Waals surface area contributed by atoms with Crippen molar-refractivity contribution in [3.63, 3.8) is 0 Å². The molecule has 4 rings (SSSR count). The van der Waals surface area contributed by atoms with Gasteiger partial charge in [0.15, 0.2) is 0 Å². The van der Waals surface area contributed by atoms with E-state index in [-0.39, 0.29) is 11.8 Å². The number of hydrogen-bond donors (Lipinski definition) is 0. The van der Waals surface area contributed by atoms with Crippen LogP contribution in [-0.4, -0.2) is 29.8 Å². The Bertz CT molecular complexity index is 966. The molecule has 0 aromatic heterocycles. The van der Waals surface area contributed by atoms with Crippen LogP contribution in [0, 0.1) is 0 Å². The Kier molecular flexibility index (Phi) is 4.40. The van der Waals surface area contributed by atoms with Gasteiger partial charge in [0.1, 0.15) is 18.3 Å². The molecule has 0 fully saturated rings. The average Bonchev–Trinajstić information content (AvgIpc) is 2.96. The Morgan fingerprint density at radius 3 is 2.50 bits per heavy atom. The number of ether oxygens (including phenoxy) is 1. The molecule has 4 nitrogen and oxygen atoms in total. The minimum absolute atomic E-state index is 0.0100. The third kappa shape index (κ3) is 3.18. The molecule has 1 heterocycles. The number of nitrogens with zero attached hydrogens (tertiary/aromatic N) is 2. The third-order valence-electron chi connectivity index (χ3n) is 4.62. The Morgan fingerprint density at radius 2 is 1.69 bits per heavy atom. The molecule has 0 bridgehead atoms. The molecule has 3 aromatic rings. The molecule has 0 saturated carbocycles. The molecule has 130 valence electrons. The Morgan fingerprint density at radius 1 is 0.962 bits per heavy atom. The van der Waals surface area contributed by atoms with Crippen LogP contribution in [-0.2, 0) is 4.79 Å². The molecular weight excluding hydrogens is 324 g/mol. The van der Waals surface area contributed by atoms with Gasteiger partial charge in [0, 0.05) is 0 Å². The minimum Gasteiger partial charge on any atom is -0.492 e. The van der Waals surface area contributed by atoms with Crippen molar-refractivity contribution in [2.75, 3.05) is 13.2 Å². The van der Waals surface area contributed by atoms with E-state index in [2.05, 4.69) is 17.2 Å². The van der Waals surface area contributed by atoms with Crippen molar-refractivity contribution in [2.45, 2.75) is 12.8 Å². The zero-order valence-corrected chi connectivity index (χ0v) is 14.6. The second-order valence-electron chi connectivity index (χ2n) is 6.40. The quantitative estimate of drug-likeness (QED) is 0.695. The first kappa shape index (κ1) is 16.3. The molecule has 0 saturated heterocycles. The summed E-state index contributed by atoms with van der Waals surface area (Å²) < 4.78 is 5.84. The van der Waals surface area contributed by atoms with Gasteiger partial charge in [-0.25, -0.2) is 5.01 Å². The van der Waals surface area contributed by atoms with Gasteiger partial charge in [0.25, 0.3) is 5.91 Å². The van der Waals surface area contributed by atoms with Crippen LogP contribution in [0.1, 0.15) is 18.4 Å². The van der Waals surface area contributed by atoms with Crippen LogP contribution in [0.3, 0.4) is 0 Å². The molecule has 1 atom stereocenters. The molecule has 26 heavy (non-hydrogen) atoms. The van der Waals surface area contributed by atoms with E-state index in [0.717, 1.165) is 22.4 Å². The normalized spacial score (nSPS) is 16.8. The third-order valence-corrected chi connectivity index (χ3v) is 4.62. The number of hydrogen-bond acceptors (Lipinski definition) is 3. The number of fused-ring (bicyclic) bond motifs is 1. The lowest BCUT2D eigenvalue weighted by Crippen LogP contribution is -2.29. The van der Waals surface area contributed by atoms with Crippen LogP contribution >= 0.6 is 0 Å². The number of hydrazone groups is 1. The number of carbonyl (C=O) groups excluding carboxylic acids is 1. The van der Waals surface area contributed by atoms with Crippen molar-refractivity contribution >= 4 is 22.4 Å². The Hall–Kier alpha value is -3.14. The molecule has 0 N–H and O–H groups in total. The van der Waals surface area contributed by atoms with E-state index in [1.807, 2.05) is 67.6 Å². The maximum absolute atomic E-state index is 12.7. The van der Waals surface area contributed by atoms with E-state index in [0.29, 0.717) is 13.2 Å². The van der Waals surface area contributed by atoms with Gasteiger partial charge in [-0.1, -0.05) is 60.7 Å². The molecular formula is C22H20N2O2. The molecule has 0 aliphatic carbocycles. The lowest BCUT2D eigenvalue weighted by atomic mass is 9.95. The highest BCUT2D eigenvalue weighted by atomic mass is 16.5. The fraction of sp³-hybridized carbons (Fsp3) is 0.182. The SMILES string of the molecule is CC1=NN(CCOc2ccc3ccccc3c2)C(=O)C1c1ccccc1. The molecule has 1 aliphatic rings.